The number of carboxylic acids is 1. The summed E-state index contributed by atoms with van der Waals surface area (Å²) in [5, 5.41) is 8.50. The van der Waals surface area contributed by atoms with Gasteiger partial charge in [0.2, 0.25) is 6.10 Å². The molecule has 0 amide bonds. The van der Waals surface area contributed by atoms with Crippen LogP contribution in [0.25, 0.3) is 0 Å². The van der Waals surface area contributed by atoms with E-state index in [9.17, 15) is 31.1 Å². The molecular weight excluding hydrogens is 272 g/mol. The molecule has 0 saturated carbocycles. The summed E-state index contributed by atoms with van der Waals surface area (Å²) in [5.74, 6) is -1.55. The number of ether oxygens (including phenoxy) is 1. The molecule has 18 heavy (non-hydrogen) atoms. The van der Waals surface area contributed by atoms with Gasteiger partial charge in [0.25, 0.3) is 0 Å². The maximum absolute atomic E-state index is 12.0. The quantitative estimate of drug-likeness (QED) is 0.753. The van der Waals surface area contributed by atoms with Crippen molar-refractivity contribution in [1.29, 1.82) is 0 Å². The first-order valence-electron chi connectivity index (χ1n) is 4.56. The van der Waals surface area contributed by atoms with E-state index in [-0.39, 0.29) is 0 Å². The highest BCUT2D eigenvalue weighted by Gasteiger charge is 2.58. The minimum Gasteiger partial charge on any atom is -0.480 e. The molecule has 0 rings (SSSR count). The van der Waals surface area contributed by atoms with Crippen LogP contribution in [0.3, 0.4) is 0 Å². The SMILES string of the molecule is CC(N)(CCOC(C(F)(F)F)C(F)(F)F)C(=O)O. The normalized spacial score (nSPS) is 16.7. The van der Waals surface area contributed by atoms with E-state index >= 15 is 0 Å². The molecule has 4 nitrogen and oxygen atoms in total. The third-order valence-electron chi connectivity index (χ3n) is 1.99. The van der Waals surface area contributed by atoms with Crippen LogP contribution in [0.1, 0.15) is 13.3 Å². The number of carbonyl (C=O) groups is 1. The molecule has 0 aromatic rings. The lowest BCUT2D eigenvalue weighted by atomic mass is 10.0. The summed E-state index contributed by atoms with van der Waals surface area (Å²) in [5.41, 5.74) is 3.17. The molecule has 1 unspecified atom stereocenters. The molecule has 0 bridgehead atoms. The lowest BCUT2D eigenvalue weighted by Crippen LogP contribution is -2.48. The highest BCUT2D eigenvalue weighted by molar-refractivity contribution is 5.77. The molecule has 3 N–H and O–H groups in total. The molecule has 0 aliphatic carbocycles. The molecule has 108 valence electrons. The topological polar surface area (TPSA) is 72.5 Å². The maximum atomic E-state index is 12.0. The maximum Gasteiger partial charge on any atom is 0.423 e. The van der Waals surface area contributed by atoms with Crippen LogP contribution in [0.4, 0.5) is 26.3 Å². The highest BCUT2D eigenvalue weighted by atomic mass is 19.4. The lowest BCUT2D eigenvalue weighted by molar-refractivity contribution is -0.322. The molecule has 0 aliphatic rings. The summed E-state index contributed by atoms with van der Waals surface area (Å²) in [7, 11) is 0. The molecule has 0 heterocycles. The van der Waals surface area contributed by atoms with Gasteiger partial charge in [-0.05, 0) is 13.3 Å². The fourth-order valence-electron chi connectivity index (χ4n) is 0.870. The van der Waals surface area contributed by atoms with Crippen LogP contribution >= 0.6 is 0 Å². The monoisotopic (exact) mass is 283 g/mol. The minimum absolute atomic E-state index is 0.689. The Kier molecular flexibility index (Phi) is 5.00. The molecule has 0 radical (unpaired) electrons. The summed E-state index contributed by atoms with van der Waals surface area (Å²) < 4.78 is 75.7. The smallest absolute Gasteiger partial charge is 0.423 e. The van der Waals surface area contributed by atoms with Crippen LogP contribution in [0.2, 0.25) is 0 Å². The second-order valence-corrected chi connectivity index (χ2v) is 3.81. The molecule has 1 atom stereocenters. The van der Waals surface area contributed by atoms with Crippen LogP contribution in [-0.2, 0) is 9.53 Å². The first-order valence-corrected chi connectivity index (χ1v) is 4.56. The van der Waals surface area contributed by atoms with Crippen molar-refractivity contribution in [3.63, 3.8) is 0 Å². The Morgan fingerprint density at radius 2 is 1.61 bits per heavy atom. The van der Waals surface area contributed by atoms with E-state index in [4.69, 9.17) is 10.8 Å². The molecule has 0 aliphatic heterocycles. The van der Waals surface area contributed by atoms with Crippen molar-refractivity contribution in [1.82, 2.24) is 0 Å². The highest BCUT2D eigenvalue weighted by Crippen LogP contribution is 2.35. The summed E-state index contributed by atoms with van der Waals surface area (Å²) in [4.78, 5) is 10.5. The Bertz CT molecular complexity index is 284. The van der Waals surface area contributed by atoms with Crippen LogP contribution in [0.5, 0.6) is 0 Å². The fraction of sp³-hybridized carbons (Fsp3) is 0.875. The van der Waals surface area contributed by atoms with Gasteiger partial charge in [0, 0.05) is 0 Å². The zero-order chi connectivity index (χ0) is 14.8. The Labute approximate surface area is 97.7 Å². The standard InChI is InChI=1S/C8H11F6NO3/c1-6(15,5(16)17)2-3-18-4(7(9,10)11)8(12,13)14/h4H,2-3,15H2,1H3,(H,16,17). The van der Waals surface area contributed by atoms with Gasteiger partial charge in [-0.1, -0.05) is 0 Å². The average Bonchev–Trinajstić information content (AvgIpc) is 2.07. The lowest BCUT2D eigenvalue weighted by Gasteiger charge is -2.25. The minimum atomic E-state index is -5.62. The fourth-order valence-corrected chi connectivity index (χ4v) is 0.870. The Balaban J connectivity index is 4.54. The first-order chi connectivity index (χ1) is 7.78. The number of alkyl halides is 6. The second-order valence-electron chi connectivity index (χ2n) is 3.81. The number of hydrogen-bond donors (Lipinski definition) is 2. The molecule has 0 aromatic carbocycles. The van der Waals surface area contributed by atoms with Gasteiger partial charge in [-0.25, -0.2) is 0 Å². The van der Waals surface area contributed by atoms with Crippen LogP contribution in [0.15, 0.2) is 0 Å². The van der Waals surface area contributed by atoms with Gasteiger partial charge in [0.05, 0.1) is 6.61 Å². The Morgan fingerprint density at radius 3 is 1.89 bits per heavy atom. The number of rotatable bonds is 5. The predicted molar refractivity (Wildman–Crippen MR) is 46.7 cm³/mol. The van der Waals surface area contributed by atoms with E-state index in [2.05, 4.69) is 4.74 Å². The van der Waals surface area contributed by atoms with Crippen molar-refractivity contribution < 1.29 is 41.0 Å². The molecular formula is C8H11F6NO3. The molecule has 10 heteroatoms. The third-order valence-corrected chi connectivity index (χ3v) is 1.99. The molecule has 0 spiro atoms. The van der Waals surface area contributed by atoms with Gasteiger partial charge in [0.1, 0.15) is 5.54 Å². The molecule has 0 aromatic heterocycles. The summed E-state index contributed by atoms with van der Waals surface area (Å²) >= 11 is 0. The van der Waals surface area contributed by atoms with Gasteiger partial charge in [-0.3, -0.25) is 4.79 Å². The van der Waals surface area contributed by atoms with E-state index in [0.29, 0.717) is 0 Å². The number of carboxylic acid groups (broad SMARTS) is 1. The van der Waals surface area contributed by atoms with Gasteiger partial charge in [-0.15, -0.1) is 0 Å². The summed E-state index contributed by atoms with van der Waals surface area (Å²) in [6.45, 7) is -0.127. The van der Waals surface area contributed by atoms with E-state index in [1.807, 2.05) is 0 Å². The van der Waals surface area contributed by atoms with Gasteiger partial charge >= 0.3 is 18.3 Å². The average molecular weight is 283 g/mol. The van der Waals surface area contributed by atoms with E-state index in [0.717, 1.165) is 6.92 Å². The van der Waals surface area contributed by atoms with Crippen molar-refractivity contribution >= 4 is 5.97 Å². The van der Waals surface area contributed by atoms with Crippen molar-refractivity contribution in [3.05, 3.63) is 0 Å². The number of hydrogen-bond acceptors (Lipinski definition) is 3. The van der Waals surface area contributed by atoms with Gasteiger partial charge < -0.3 is 15.6 Å². The first kappa shape index (κ1) is 17.0. The zero-order valence-corrected chi connectivity index (χ0v) is 9.10. The van der Waals surface area contributed by atoms with Crippen LogP contribution in [0, 0.1) is 0 Å². The van der Waals surface area contributed by atoms with Gasteiger partial charge in [-0.2, -0.15) is 26.3 Å². The summed E-state index contributed by atoms with van der Waals surface area (Å²) in [6.07, 6.45) is -15.9. The van der Waals surface area contributed by atoms with Crippen molar-refractivity contribution in [2.45, 2.75) is 37.3 Å². The van der Waals surface area contributed by atoms with E-state index in [1.54, 1.807) is 0 Å². The van der Waals surface area contributed by atoms with Crippen LogP contribution < -0.4 is 5.73 Å². The van der Waals surface area contributed by atoms with Crippen molar-refractivity contribution in [3.8, 4) is 0 Å². The molecule has 0 saturated heterocycles. The third kappa shape index (κ3) is 5.08. The zero-order valence-electron chi connectivity index (χ0n) is 9.10. The summed E-state index contributed by atoms with van der Waals surface area (Å²) in [6, 6.07) is 0. The Morgan fingerprint density at radius 1 is 1.22 bits per heavy atom. The predicted octanol–water partition coefficient (Wildman–Crippen LogP) is 1.69. The van der Waals surface area contributed by atoms with E-state index < -0.39 is 43.0 Å². The molecule has 0 fully saturated rings. The number of nitrogens with two attached hydrogens (primary N) is 1. The van der Waals surface area contributed by atoms with Crippen molar-refractivity contribution in [2.24, 2.45) is 5.73 Å². The van der Waals surface area contributed by atoms with Gasteiger partial charge in [0.15, 0.2) is 0 Å². The van der Waals surface area contributed by atoms with E-state index in [1.165, 1.54) is 0 Å². The Hall–Kier alpha value is -1.03. The van der Waals surface area contributed by atoms with Crippen LogP contribution in [-0.4, -0.2) is 41.7 Å². The van der Waals surface area contributed by atoms with Crippen molar-refractivity contribution in [2.75, 3.05) is 6.61 Å². The second kappa shape index (κ2) is 5.31. The largest absolute Gasteiger partial charge is 0.480 e. The number of halogens is 6. The number of aliphatic carboxylic acids is 1.